The van der Waals surface area contributed by atoms with Crippen LogP contribution in [-0.4, -0.2) is 27.2 Å². The Morgan fingerprint density at radius 3 is 2.44 bits per heavy atom. The monoisotopic (exact) mass is 218 g/mol. The first kappa shape index (κ1) is 12.8. The van der Waals surface area contributed by atoms with Crippen LogP contribution in [-0.2, 0) is 0 Å². The van der Waals surface area contributed by atoms with E-state index in [1.165, 1.54) is 17.7 Å². The maximum Gasteiger partial charge on any atom is 0.0361 e. The molecule has 1 rings (SSSR count). The molecule has 0 atom stereocenters. The third kappa shape index (κ3) is 4.49. The molecule has 0 amide bonds. The minimum atomic E-state index is 0.948. The van der Waals surface area contributed by atoms with E-state index < -0.39 is 0 Å². The molecule has 0 saturated carbocycles. The summed E-state index contributed by atoms with van der Waals surface area (Å²) >= 11 is 0. The van der Waals surface area contributed by atoms with Crippen LogP contribution in [0.3, 0.4) is 0 Å². The van der Waals surface area contributed by atoms with Gasteiger partial charge < -0.3 is 10.2 Å². The minimum absolute atomic E-state index is 0.948. The van der Waals surface area contributed by atoms with Crippen molar-refractivity contribution in [2.75, 3.05) is 32.1 Å². The Hall–Kier alpha value is -1.28. The highest BCUT2D eigenvalue weighted by Gasteiger charge is 1.92. The van der Waals surface area contributed by atoms with E-state index in [2.05, 4.69) is 67.7 Å². The van der Waals surface area contributed by atoms with Crippen molar-refractivity contribution < 1.29 is 0 Å². The molecule has 1 N–H and O–H groups in total. The van der Waals surface area contributed by atoms with E-state index in [4.69, 9.17) is 0 Å². The van der Waals surface area contributed by atoms with Crippen LogP contribution >= 0.6 is 0 Å². The summed E-state index contributed by atoms with van der Waals surface area (Å²) < 4.78 is 0. The van der Waals surface area contributed by atoms with Gasteiger partial charge in [0, 0.05) is 26.3 Å². The van der Waals surface area contributed by atoms with Gasteiger partial charge in [-0.1, -0.05) is 31.2 Å². The first-order chi connectivity index (χ1) is 7.74. The molecule has 0 fully saturated rings. The van der Waals surface area contributed by atoms with Gasteiger partial charge in [0.05, 0.1) is 0 Å². The van der Waals surface area contributed by atoms with E-state index in [1.54, 1.807) is 0 Å². The molecule has 0 radical (unpaired) electrons. The second-order valence-corrected chi connectivity index (χ2v) is 4.09. The normalized spacial score (nSPS) is 10.9. The fourth-order valence-corrected chi connectivity index (χ4v) is 1.44. The van der Waals surface area contributed by atoms with Crippen LogP contribution in [0.25, 0.3) is 6.08 Å². The summed E-state index contributed by atoms with van der Waals surface area (Å²) in [5, 5.41) is 3.34. The van der Waals surface area contributed by atoms with Crippen molar-refractivity contribution in [3.63, 3.8) is 0 Å². The molecule has 0 unspecified atom stereocenters. The quantitative estimate of drug-likeness (QED) is 0.739. The third-order valence-electron chi connectivity index (χ3n) is 2.41. The summed E-state index contributed by atoms with van der Waals surface area (Å²) in [6.07, 6.45) is 5.51. The first-order valence-corrected chi connectivity index (χ1v) is 5.88. The third-order valence-corrected chi connectivity index (χ3v) is 2.41. The lowest BCUT2D eigenvalue weighted by atomic mass is 10.2. The van der Waals surface area contributed by atoms with E-state index in [9.17, 15) is 0 Å². The Bertz CT molecular complexity index is 312. The number of rotatable bonds is 6. The minimum Gasteiger partial charge on any atom is -0.378 e. The average molecular weight is 218 g/mol. The molecule has 0 aliphatic carbocycles. The van der Waals surface area contributed by atoms with Gasteiger partial charge in [0.25, 0.3) is 0 Å². The van der Waals surface area contributed by atoms with Crippen LogP contribution in [0.15, 0.2) is 30.3 Å². The van der Waals surface area contributed by atoms with Crippen LogP contribution < -0.4 is 10.2 Å². The van der Waals surface area contributed by atoms with Crippen LogP contribution in [0, 0.1) is 0 Å². The highest BCUT2D eigenvalue weighted by atomic mass is 15.1. The van der Waals surface area contributed by atoms with Crippen molar-refractivity contribution in [2.45, 2.75) is 13.3 Å². The second-order valence-electron chi connectivity index (χ2n) is 4.09. The van der Waals surface area contributed by atoms with Gasteiger partial charge in [-0.05, 0) is 30.7 Å². The van der Waals surface area contributed by atoms with Crippen LogP contribution in [0.2, 0.25) is 0 Å². The molecule has 2 nitrogen and oxygen atoms in total. The number of anilines is 1. The van der Waals surface area contributed by atoms with Crippen molar-refractivity contribution in [3.05, 3.63) is 35.9 Å². The SMILES string of the molecule is CCCNCC=Cc1ccc(N(C)C)cc1. The Morgan fingerprint density at radius 2 is 1.88 bits per heavy atom. The maximum atomic E-state index is 3.34. The van der Waals surface area contributed by atoms with E-state index in [1.807, 2.05) is 0 Å². The summed E-state index contributed by atoms with van der Waals surface area (Å²) in [5.74, 6) is 0. The summed E-state index contributed by atoms with van der Waals surface area (Å²) in [7, 11) is 4.11. The number of nitrogens with zero attached hydrogens (tertiary/aromatic N) is 1. The molecule has 1 aromatic rings. The van der Waals surface area contributed by atoms with Gasteiger partial charge in [0.2, 0.25) is 0 Å². The van der Waals surface area contributed by atoms with Crippen molar-refractivity contribution in [3.8, 4) is 0 Å². The average Bonchev–Trinajstić information content (AvgIpc) is 2.29. The fraction of sp³-hybridized carbons (Fsp3) is 0.429. The van der Waals surface area contributed by atoms with Gasteiger partial charge in [-0.2, -0.15) is 0 Å². The second kappa shape index (κ2) is 7.07. The fourth-order valence-electron chi connectivity index (χ4n) is 1.44. The van der Waals surface area contributed by atoms with Crippen LogP contribution in [0.1, 0.15) is 18.9 Å². The van der Waals surface area contributed by atoms with Crippen LogP contribution in [0.4, 0.5) is 5.69 Å². The maximum absolute atomic E-state index is 3.34. The predicted molar refractivity (Wildman–Crippen MR) is 73.0 cm³/mol. The molecule has 0 aromatic heterocycles. The van der Waals surface area contributed by atoms with E-state index >= 15 is 0 Å². The van der Waals surface area contributed by atoms with Crippen molar-refractivity contribution in [1.29, 1.82) is 0 Å². The summed E-state index contributed by atoms with van der Waals surface area (Å²) in [6, 6.07) is 8.57. The van der Waals surface area contributed by atoms with Crippen molar-refractivity contribution in [1.82, 2.24) is 5.32 Å². The van der Waals surface area contributed by atoms with Crippen molar-refractivity contribution in [2.24, 2.45) is 0 Å². The molecule has 0 saturated heterocycles. The smallest absolute Gasteiger partial charge is 0.0361 e. The van der Waals surface area contributed by atoms with E-state index in [-0.39, 0.29) is 0 Å². The number of nitrogens with one attached hydrogen (secondary N) is 1. The molecule has 0 aliphatic heterocycles. The molecule has 1 aromatic carbocycles. The standard InChI is InChI=1S/C14H22N2/c1-4-11-15-12-5-6-13-7-9-14(10-8-13)16(2)3/h5-10,15H,4,11-12H2,1-3H3. The zero-order valence-electron chi connectivity index (χ0n) is 10.5. The lowest BCUT2D eigenvalue weighted by Crippen LogP contribution is -2.13. The Kier molecular flexibility index (Phi) is 5.65. The van der Waals surface area contributed by atoms with Crippen molar-refractivity contribution >= 4 is 11.8 Å². The zero-order chi connectivity index (χ0) is 11.8. The van der Waals surface area contributed by atoms with Gasteiger partial charge in [-0.15, -0.1) is 0 Å². The van der Waals surface area contributed by atoms with Crippen LogP contribution in [0.5, 0.6) is 0 Å². The molecule has 2 heteroatoms. The van der Waals surface area contributed by atoms with E-state index in [0.29, 0.717) is 0 Å². The largest absolute Gasteiger partial charge is 0.378 e. The lowest BCUT2D eigenvalue weighted by molar-refractivity contribution is 0.730. The summed E-state index contributed by atoms with van der Waals surface area (Å²) in [6.45, 7) is 4.21. The van der Waals surface area contributed by atoms with Gasteiger partial charge in [0.15, 0.2) is 0 Å². The van der Waals surface area contributed by atoms with Gasteiger partial charge in [0.1, 0.15) is 0 Å². The van der Waals surface area contributed by atoms with E-state index in [0.717, 1.165) is 13.1 Å². The topological polar surface area (TPSA) is 15.3 Å². The molecule has 0 spiro atoms. The lowest BCUT2D eigenvalue weighted by Gasteiger charge is -2.11. The molecular weight excluding hydrogens is 196 g/mol. The van der Waals surface area contributed by atoms with Gasteiger partial charge in [-0.3, -0.25) is 0 Å². The molecule has 0 aliphatic rings. The Labute approximate surface area is 99.0 Å². The van der Waals surface area contributed by atoms with Gasteiger partial charge in [-0.25, -0.2) is 0 Å². The Morgan fingerprint density at radius 1 is 1.19 bits per heavy atom. The molecule has 0 heterocycles. The number of hydrogen-bond donors (Lipinski definition) is 1. The zero-order valence-corrected chi connectivity index (χ0v) is 10.5. The number of benzene rings is 1. The Balaban J connectivity index is 2.42. The predicted octanol–water partition coefficient (Wildman–Crippen LogP) is 2.77. The summed E-state index contributed by atoms with van der Waals surface area (Å²) in [5.41, 5.74) is 2.49. The highest BCUT2D eigenvalue weighted by Crippen LogP contribution is 2.12. The van der Waals surface area contributed by atoms with Gasteiger partial charge >= 0.3 is 0 Å². The summed E-state index contributed by atoms with van der Waals surface area (Å²) in [4.78, 5) is 2.11. The molecule has 0 bridgehead atoms. The number of hydrogen-bond acceptors (Lipinski definition) is 2. The molecule has 16 heavy (non-hydrogen) atoms. The molecule has 88 valence electrons. The highest BCUT2D eigenvalue weighted by molar-refractivity contribution is 5.55. The first-order valence-electron chi connectivity index (χ1n) is 5.88. The molecular formula is C14H22N2.